The molecule has 4 rings (SSSR count). The summed E-state index contributed by atoms with van der Waals surface area (Å²) in [5.41, 5.74) is 1.51. The van der Waals surface area contributed by atoms with E-state index in [-0.39, 0.29) is 11.1 Å². The summed E-state index contributed by atoms with van der Waals surface area (Å²) in [6, 6.07) is 20.2. The zero-order valence-electron chi connectivity index (χ0n) is 18.3. The van der Waals surface area contributed by atoms with Gasteiger partial charge in [-0.15, -0.1) is 0 Å². The van der Waals surface area contributed by atoms with E-state index < -0.39 is 27.1 Å². The van der Waals surface area contributed by atoms with E-state index in [4.69, 9.17) is 0 Å². The minimum Gasteiger partial charge on any atom is -0.340 e. The maximum Gasteiger partial charge on any atom is 0.279 e. The van der Waals surface area contributed by atoms with E-state index in [0.29, 0.717) is 17.2 Å². The number of nitro benzene ring substituents is 2. The molecule has 0 aliphatic carbocycles. The van der Waals surface area contributed by atoms with Crippen LogP contribution >= 0.6 is 0 Å². The van der Waals surface area contributed by atoms with Crippen LogP contribution in [-0.2, 0) is 0 Å². The van der Waals surface area contributed by atoms with Gasteiger partial charge in [0.2, 0.25) is 0 Å². The van der Waals surface area contributed by atoms with Gasteiger partial charge in [0.05, 0.1) is 21.1 Å². The number of hydrogen-bond donors (Lipinski definition) is 2. The fraction of sp³-hybridized carbons (Fsp3) is 0.0417. The molecule has 11 nitrogen and oxygen atoms in total. The van der Waals surface area contributed by atoms with Crippen molar-refractivity contribution in [1.29, 1.82) is 0 Å². The van der Waals surface area contributed by atoms with Gasteiger partial charge in [0.25, 0.3) is 17.3 Å². The Bertz CT molecular complexity index is 1390. The number of carbonyl (C=O) groups is 1. The molecule has 3 aromatic carbocycles. The molecule has 0 fully saturated rings. The second-order valence-electron chi connectivity index (χ2n) is 7.46. The van der Waals surface area contributed by atoms with Gasteiger partial charge in [0.15, 0.2) is 0 Å². The number of aromatic nitrogens is 2. The normalized spacial score (nSPS) is 10.4. The van der Waals surface area contributed by atoms with Crippen molar-refractivity contribution in [3.05, 3.63) is 110 Å². The second-order valence-corrected chi connectivity index (χ2v) is 7.46. The summed E-state index contributed by atoms with van der Waals surface area (Å²) in [6.07, 6.45) is 1.46. The number of amides is 1. The Labute approximate surface area is 198 Å². The molecule has 0 saturated carbocycles. The first kappa shape index (κ1) is 23.0. The van der Waals surface area contributed by atoms with Crippen LogP contribution in [0.3, 0.4) is 0 Å². The standard InChI is InChI=1S/C24H18N6O5/c1-15-21(29(32)33)11-17(12-22(15)30(34)35)24(31)28-19-9-7-18(8-10-19)27-23-13-20(25-14-26-23)16-5-3-2-4-6-16/h2-14H,1H3,(H,28,31)(H,25,26,27). The summed E-state index contributed by atoms with van der Waals surface area (Å²) < 4.78 is 0. The van der Waals surface area contributed by atoms with E-state index in [1.807, 2.05) is 36.4 Å². The van der Waals surface area contributed by atoms with Crippen molar-refractivity contribution in [3.63, 3.8) is 0 Å². The Morgan fingerprint density at radius 3 is 2.03 bits per heavy atom. The average molecular weight is 470 g/mol. The summed E-state index contributed by atoms with van der Waals surface area (Å²) >= 11 is 0. The summed E-state index contributed by atoms with van der Waals surface area (Å²) in [5, 5.41) is 28.3. The molecular formula is C24H18N6O5. The molecule has 0 radical (unpaired) electrons. The Balaban J connectivity index is 1.49. The van der Waals surface area contributed by atoms with Gasteiger partial charge >= 0.3 is 0 Å². The smallest absolute Gasteiger partial charge is 0.279 e. The highest BCUT2D eigenvalue weighted by molar-refractivity contribution is 6.05. The third kappa shape index (κ3) is 5.25. The van der Waals surface area contributed by atoms with Crippen molar-refractivity contribution in [2.24, 2.45) is 0 Å². The summed E-state index contributed by atoms with van der Waals surface area (Å²) in [6.45, 7) is 1.27. The molecule has 2 N–H and O–H groups in total. The molecule has 1 amide bonds. The maximum atomic E-state index is 12.6. The summed E-state index contributed by atoms with van der Waals surface area (Å²) in [7, 11) is 0. The first-order valence-corrected chi connectivity index (χ1v) is 10.3. The highest BCUT2D eigenvalue weighted by Crippen LogP contribution is 2.30. The van der Waals surface area contributed by atoms with Gasteiger partial charge in [0, 0.05) is 35.1 Å². The van der Waals surface area contributed by atoms with Gasteiger partial charge in [0.1, 0.15) is 17.7 Å². The van der Waals surface area contributed by atoms with E-state index in [2.05, 4.69) is 20.6 Å². The number of anilines is 3. The molecule has 0 spiro atoms. The van der Waals surface area contributed by atoms with Crippen LogP contribution in [0, 0.1) is 27.2 Å². The van der Waals surface area contributed by atoms with Gasteiger partial charge in [-0.2, -0.15) is 0 Å². The largest absolute Gasteiger partial charge is 0.340 e. The third-order valence-corrected chi connectivity index (χ3v) is 5.16. The van der Waals surface area contributed by atoms with Gasteiger partial charge in [-0.25, -0.2) is 9.97 Å². The predicted molar refractivity (Wildman–Crippen MR) is 130 cm³/mol. The second kappa shape index (κ2) is 9.75. The molecule has 0 unspecified atom stereocenters. The van der Waals surface area contributed by atoms with Gasteiger partial charge in [-0.3, -0.25) is 25.0 Å². The van der Waals surface area contributed by atoms with Gasteiger partial charge in [-0.1, -0.05) is 30.3 Å². The van der Waals surface area contributed by atoms with Gasteiger partial charge < -0.3 is 10.6 Å². The molecule has 0 aliphatic heterocycles. The molecule has 1 aromatic heterocycles. The van der Waals surface area contributed by atoms with Crippen LogP contribution in [0.1, 0.15) is 15.9 Å². The molecule has 174 valence electrons. The predicted octanol–water partition coefficient (Wildman–Crippen LogP) is 5.26. The highest BCUT2D eigenvalue weighted by Gasteiger charge is 2.25. The molecule has 11 heteroatoms. The van der Waals surface area contributed by atoms with Crippen LogP contribution < -0.4 is 10.6 Å². The van der Waals surface area contributed by atoms with E-state index in [0.717, 1.165) is 23.4 Å². The Morgan fingerprint density at radius 2 is 1.43 bits per heavy atom. The lowest BCUT2D eigenvalue weighted by molar-refractivity contribution is -0.395. The number of benzene rings is 3. The number of hydrogen-bond acceptors (Lipinski definition) is 8. The first-order chi connectivity index (χ1) is 16.8. The zero-order chi connectivity index (χ0) is 24.9. The number of carbonyl (C=O) groups excluding carboxylic acids is 1. The lowest BCUT2D eigenvalue weighted by Gasteiger charge is -2.10. The van der Waals surface area contributed by atoms with E-state index in [9.17, 15) is 25.0 Å². The van der Waals surface area contributed by atoms with Crippen molar-refractivity contribution in [2.45, 2.75) is 6.92 Å². The summed E-state index contributed by atoms with van der Waals surface area (Å²) in [5.74, 6) is -0.130. The first-order valence-electron chi connectivity index (χ1n) is 10.3. The molecule has 1 heterocycles. The molecule has 0 bridgehead atoms. The van der Waals surface area contributed by atoms with Crippen LogP contribution in [0.15, 0.2) is 79.1 Å². The molecule has 0 saturated heterocycles. The Morgan fingerprint density at radius 1 is 0.829 bits per heavy atom. The monoisotopic (exact) mass is 470 g/mol. The fourth-order valence-corrected chi connectivity index (χ4v) is 3.37. The average Bonchev–Trinajstić information content (AvgIpc) is 2.85. The summed E-state index contributed by atoms with van der Waals surface area (Å²) in [4.78, 5) is 42.1. The topological polar surface area (TPSA) is 153 Å². The SMILES string of the molecule is Cc1c([N+](=O)[O-])cc(C(=O)Nc2ccc(Nc3cc(-c4ccccc4)ncn3)cc2)cc1[N+](=O)[O-]. The number of rotatable bonds is 7. The lowest BCUT2D eigenvalue weighted by Crippen LogP contribution is -2.13. The van der Waals surface area contributed by atoms with Crippen LogP contribution in [0.2, 0.25) is 0 Å². The van der Waals surface area contributed by atoms with E-state index >= 15 is 0 Å². The van der Waals surface area contributed by atoms with Crippen molar-refractivity contribution in [3.8, 4) is 11.3 Å². The third-order valence-electron chi connectivity index (χ3n) is 5.16. The van der Waals surface area contributed by atoms with Crippen LogP contribution in [0.4, 0.5) is 28.6 Å². The molecule has 0 aliphatic rings. The Kier molecular flexibility index (Phi) is 6.40. The lowest BCUT2D eigenvalue weighted by atomic mass is 10.1. The number of nitrogens with one attached hydrogen (secondary N) is 2. The number of nitrogens with zero attached hydrogens (tertiary/aromatic N) is 4. The van der Waals surface area contributed by atoms with Crippen LogP contribution in [0.5, 0.6) is 0 Å². The maximum absolute atomic E-state index is 12.6. The Hall–Kier alpha value is -5.19. The molecule has 35 heavy (non-hydrogen) atoms. The minimum absolute atomic E-state index is 0.118. The number of nitro groups is 2. The molecule has 4 aromatic rings. The van der Waals surface area contributed by atoms with Crippen LogP contribution in [-0.4, -0.2) is 25.7 Å². The van der Waals surface area contributed by atoms with Crippen molar-refractivity contribution >= 4 is 34.5 Å². The van der Waals surface area contributed by atoms with E-state index in [1.54, 1.807) is 24.3 Å². The molecular weight excluding hydrogens is 452 g/mol. The fourth-order valence-electron chi connectivity index (χ4n) is 3.37. The van der Waals surface area contributed by atoms with Crippen molar-refractivity contribution < 1.29 is 14.6 Å². The van der Waals surface area contributed by atoms with Crippen LogP contribution in [0.25, 0.3) is 11.3 Å². The van der Waals surface area contributed by atoms with Crippen molar-refractivity contribution in [1.82, 2.24) is 9.97 Å². The van der Waals surface area contributed by atoms with E-state index in [1.165, 1.54) is 13.3 Å². The zero-order valence-corrected chi connectivity index (χ0v) is 18.3. The minimum atomic E-state index is -0.754. The van der Waals surface area contributed by atoms with Crippen molar-refractivity contribution in [2.75, 3.05) is 10.6 Å². The van der Waals surface area contributed by atoms with Gasteiger partial charge in [-0.05, 0) is 31.2 Å². The quantitative estimate of drug-likeness (QED) is 0.274. The highest BCUT2D eigenvalue weighted by atomic mass is 16.6. The molecule has 0 atom stereocenters.